The van der Waals surface area contributed by atoms with Crippen molar-refractivity contribution in [3.8, 4) is 0 Å². The van der Waals surface area contributed by atoms with E-state index in [4.69, 9.17) is 11.6 Å². The Morgan fingerprint density at radius 1 is 1.12 bits per heavy atom. The van der Waals surface area contributed by atoms with E-state index in [0.29, 0.717) is 23.7 Å². The van der Waals surface area contributed by atoms with Gasteiger partial charge in [0.05, 0.1) is 0 Å². The molecular weight excluding hydrogens is 324 g/mol. The number of hydrogen-bond donors (Lipinski definition) is 0. The molecular formula is C19H19ClN2O2. The topological polar surface area (TPSA) is 40.6 Å². The van der Waals surface area contributed by atoms with Gasteiger partial charge in [-0.05, 0) is 50.2 Å². The SMILES string of the molecule is Cc1cccc(C(=O)N2CCN(c3ccc(Cl)cc3)C(=O)[C@H]2C)c1. The molecule has 2 aromatic rings. The zero-order valence-corrected chi connectivity index (χ0v) is 14.5. The van der Waals surface area contributed by atoms with E-state index in [2.05, 4.69) is 0 Å². The van der Waals surface area contributed by atoms with E-state index in [9.17, 15) is 9.59 Å². The molecule has 0 saturated carbocycles. The van der Waals surface area contributed by atoms with Crippen LogP contribution >= 0.6 is 11.6 Å². The fraction of sp³-hybridized carbons (Fsp3) is 0.263. The molecule has 1 fully saturated rings. The van der Waals surface area contributed by atoms with Crippen LogP contribution in [-0.2, 0) is 4.79 Å². The van der Waals surface area contributed by atoms with Gasteiger partial charge in [0.15, 0.2) is 0 Å². The second-order valence-electron chi connectivity index (χ2n) is 6.01. The van der Waals surface area contributed by atoms with Crippen LogP contribution in [0.15, 0.2) is 48.5 Å². The Morgan fingerprint density at radius 3 is 2.50 bits per heavy atom. The summed E-state index contributed by atoms with van der Waals surface area (Å²) in [6.07, 6.45) is 0. The monoisotopic (exact) mass is 342 g/mol. The number of halogens is 1. The number of hydrogen-bond acceptors (Lipinski definition) is 2. The number of piperazine rings is 1. The number of anilines is 1. The van der Waals surface area contributed by atoms with Crippen LogP contribution in [0.4, 0.5) is 5.69 Å². The van der Waals surface area contributed by atoms with Gasteiger partial charge in [0.25, 0.3) is 5.91 Å². The third-order valence-corrected chi connectivity index (χ3v) is 4.57. The standard InChI is InChI=1S/C19H19ClN2O2/c1-13-4-3-5-15(12-13)19(24)21-10-11-22(18(23)14(21)2)17-8-6-16(20)7-9-17/h3-9,12,14H,10-11H2,1-2H3/t14-/m1/s1. The summed E-state index contributed by atoms with van der Waals surface area (Å²) in [7, 11) is 0. The van der Waals surface area contributed by atoms with Gasteiger partial charge in [-0.15, -0.1) is 0 Å². The maximum absolute atomic E-state index is 12.7. The average Bonchev–Trinajstić information content (AvgIpc) is 2.58. The van der Waals surface area contributed by atoms with Gasteiger partial charge in [-0.3, -0.25) is 9.59 Å². The lowest BCUT2D eigenvalue weighted by Gasteiger charge is -2.39. The predicted octanol–water partition coefficient (Wildman–Crippen LogP) is 3.53. The first-order valence-corrected chi connectivity index (χ1v) is 8.30. The second kappa shape index (κ2) is 6.65. The van der Waals surface area contributed by atoms with Crippen molar-refractivity contribution in [2.75, 3.05) is 18.0 Å². The van der Waals surface area contributed by atoms with E-state index < -0.39 is 6.04 Å². The number of amides is 2. The molecule has 1 aliphatic rings. The Bertz CT molecular complexity index is 773. The summed E-state index contributed by atoms with van der Waals surface area (Å²) < 4.78 is 0. The Labute approximate surface area is 146 Å². The van der Waals surface area contributed by atoms with Gasteiger partial charge in [0.1, 0.15) is 6.04 Å². The number of carbonyl (C=O) groups excluding carboxylic acids is 2. The van der Waals surface area contributed by atoms with Gasteiger partial charge in [0, 0.05) is 29.4 Å². The Morgan fingerprint density at radius 2 is 1.83 bits per heavy atom. The molecule has 3 rings (SSSR count). The molecule has 0 aliphatic carbocycles. The van der Waals surface area contributed by atoms with Crippen LogP contribution in [0.2, 0.25) is 5.02 Å². The van der Waals surface area contributed by atoms with Crippen molar-refractivity contribution in [1.29, 1.82) is 0 Å². The summed E-state index contributed by atoms with van der Waals surface area (Å²) >= 11 is 5.90. The molecule has 1 heterocycles. The molecule has 0 spiro atoms. The highest BCUT2D eigenvalue weighted by Crippen LogP contribution is 2.23. The van der Waals surface area contributed by atoms with Crippen LogP contribution in [0.5, 0.6) is 0 Å². The lowest BCUT2D eigenvalue weighted by atomic mass is 10.1. The summed E-state index contributed by atoms with van der Waals surface area (Å²) in [5.74, 6) is -0.181. The maximum Gasteiger partial charge on any atom is 0.254 e. The van der Waals surface area contributed by atoms with E-state index in [1.54, 1.807) is 34.9 Å². The predicted molar refractivity (Wildman–Crippen MR) is 95.5 cm³/mol. The third-order valence-electron chi connectivity index (χ3n) is 4.32. The van der Waals surface area contributed by atoms with Crippen LogP contribution in [-0.4, -0.2) is 35.8 Å². The van der Waals surface area contributed by atoms with E-state index in [1.165, 1.54) is 0 Å². The van der Waals surface area contributed by atoms with E-state index in [0.717, 1.165) is 11.3 Å². The minimum Gasteiger partial charge on any atom is -0.325 e. The summed E-state index contributed by atoms with van der Waals surface area (Å²) in [4.78, 5) is 28.8. The van der Waals surface area contributed by atoms with Gasteiger partial charge in [-0.25, -0.2) is 0 Å². The smallest absolute Gasteiger partial charge is 0.254 e. The van der Waals surface area contributed by atoms with Crippen molar-refractivity contribution in [3.63, 3.8) is 0 Å². The molecule has 5 heteroatoms. The van der Waals surface area contributed by atoms with Gasteiger partial charge in [0.2, 0.25) is 5.91 Å². The van der Waals surface area contributed by atoms with Gasteiger partial charge >= 0.3 is 0 Å². The number of nitrogens with zero attached hydrogens (tertiary/aromatic N) is 2. The Balaban J connectivity index is 1.79. The van der Waals surface area contributed by atoms with Gasteiger partial charge in [-0.2, -0.15) is 0 Å². The highest BCUT2D eigenvalue weighted by molar-refractivity contribution is 6.30. The zero-order valence-electron chi connectivity index (χ0n) is 13.7. The molecule has 0 aromatic heterocycles. The molecule has 1 atom stereocenters. The highest BCUT2D eigenvalue weighted by atomic mass is 35.5. The fourth-order valence-electron chi connectivity index (χ4n) is 2.97. The zero-order chi connectivity index (χ0) is 17.3. The molecule has 0 unspecified atom stereocenters. The molecule has 1 aliphatic heterocycles. The first-order chi connectivity index (χ1) is 11.5. The van der Waals surface area contributed by atoms with Gasteiger partial charge < -0.3 is 9.80 Å². The normalized spacial score (nSPS) is 18.0. The molecule has 4 nitrogen and oxygen atoms in total. The first-order valence-electron chi connectivity index (χ1n) is 7.92. The van der Waals surface area contributed by atoms with Crippen LogP contribution in [0.3, 0.4) is 0 Å². The van der Waals surface area contributed by atoms with Crippen molar-refractivity contribution in [2.45, 2.75) is 19.9 Å². The third kappa shape index (κ3) is 3.15. The summed E-state index contributed by atoms with van der Waals surface area (Å²) in [5, 5.41) is 0.632. The molecule has 0 bridgehead atoms. The largest absolute Gasteiger partial charge is 0.325 e. The van der Waals surface area contributed by atoms with Crippen molar-refractivity contribution < 1.29 is 9.59 Å². The van der Waals surface area contributed by atoms with Crippen molar-refractivity contribution in [3.05, 3.63) is 64.7 Å². The molecule has 0 radical (unpaired) electrons. The Kier molecular flexibility index (Phi) is 4.58. The molecule has 2 aromatic carbocycles. The van der Waals surface area contributed by atoms with Crippen LogP contribution < -0.4 is 4.90 Å². The highest BCUT2D eigenvalue weighted by Gasteiger charge is 2.35. The second-order valence-corrected chi connectivity index (χ2v) is 6.45. The quantitative estimate of drug-likeness (QED) is 0.837. The molecule has 0 N–H and O–H groups in total. The van der Waals surface area contributed by atoms with Crippen LogP contribution in [0.25, 0.3) is 0 Å². The Hall–Kier alpha value is -2.33. The number of benzene rings is 2. The minimum absolute atomic E-state index is 0.0791. The van der Waals surface area contributed by atoms with Gasteiger partial charge in [-0.1, -0.05) is 29.3 Å². The molecule has 2 amide bonds. The number of rotatable bonds is 2. The molecule has 1 saturated heterocycles. The average molecular weight is 343 g/mol. The maximum atomic E-state index is 12.7. The minimum atomic E-state index is -0.498. The fourth-order valence-corrected chi connectivity index (χ4v) is 3.10. The van der Waals surface area contributed by atoms with Crippen molar-refractivity contribution in [2.24, 2.45) is 0 Å². The van der Waals surface area contributed by atoms with Crippen molar-refractivity contribution in [1.82, 2.24) is 4.90 Å². The summed E-state index contributed by atoms with van der Waals surface area (Å²) in [6, 6.07) is 14.1. The molecule has 24 heavy (non-hydrogen) atoms. The van der Waals surface area contributed by atoms with E-state index in [1.807, 2.05) is 37.3 Å². The summed E-state index contributed by atoms with van der Waals surface area (Å²) in [6.45, 7) is 4.70. The van der Waals surface area contributed by atoms with E-state index >= 15 is 0 Å². The lowest BCUT2D eigenvalue weighted by molar-refractivity contribution is -0.124. The first kappa shape index (κ1) is 16.5. The van der Waals surface area contributed by atoms with Crippen LogP contribution in [0, 0.1) is 6.92 Å². The van der Waals surface area contributed by atoms with E-state index in [-0.39, 0.29) is 11.8 Å². The summed E-state index contributed by atoms with van der Waals surface area (Å²) in [5.41, 5.74) is 2.45. The number of carbonyl (C=O) groups is 2. The lowest BCUT2D eigenvalue weighted by Crippen LogP contribution is -2.57. The molecule has 124 valence electrons. The number of aryl methyl sites for hydroxylation is 1. The van der Waals surface area contributed by atoms with Crippen molar-refractivity contribution >= 4 is 29.1 Å². The van der Waals surface area contributed by atoms with Crippen LogP contribution in [0.1, 0.15) is 22.8 Å².